The second-order valence-electron chi connectivity index (χ2n) is 8.28. The lowest BCUT2D eigenvalue weighted by molar-refractivity contribution is 0.0654. The van der Waals surface area contributed by atoms with E-state index in [-0.39, 0.29) is 0 Å². The third-order valence-electron chi connectivity index (χ3n) is 6.19. The Morgan fingerprint density at radius 2 is 1.74 bits per heavy atom. The number of hydrogen-bond donors (Lipinski definition) is 3. The number of fused-ring (bicyclic) bond motifs is 1. The number of nitrogens with zero attached hydrogens (tertiary/aromatic N) is 4. The third kappa shape index (κ3) is 5.44. The Labute approximate surface area is 210 Å². The van der Waals surface area contributed by atoms with E-state index >= 15 is 0 Å². The van der Waals surface area contributed by atoms with Crippen LogP contribution in [0.4, 0.5) is 10.6 Å². The van der Waals surface area contributed by atoms with Crippen molar-refractivity contribution in [2.45, 2.75) is 37.7 Å². The standard InChI is InChI=1S/C24H24BrN5O.CH2O3/c1-31-18-10-7-16(8-11-18)22-21(25)23(26)30-24(29-22)19(14-28-30)17-9-12-20(27-13-17)15-5-3-2-4-6-15;2-1(3)4/h2-6,9,12-14,16,18H,7-8,10-11,26H2,1H3;(H2,2,3,4)/t16-,18-;. The SMILES string of the molecule is CO[C@H]1CC[C@H](c2nc3c(-c4ccc(-c5ccccc5)nc4)cnn3c(N)c2Br)CC1.O=C(O)O. The van der Waals surface area contributed by atoms with Crippen LogP contribution in [0.3, 0.4) is 0 Å². The predicted molar refractivity (Wildman–Crippen MR) is 136 cm³/mol. The number of ether oxygens (including phenoxy) is 1. The van der Waals surface area contributed by atoms with Crippen LogP contribution < -0.4 is 5.73 Å². The fraction of sp³-hybridized carbons (Fsp3) is 0.280. The number of aromatic nitrogens is 4. The van der Waals surface area contributed by atoms with Crippen LogP contribution in [0.1, 0.15) is 37.3 Å². The first kappa shape index (κ1) is 24.6. The van der Waals surface area contributed by atoms with Gasteiger partial charge in [0.1, 0.15) is 5.82 Å². The summed E-state index contributed by atoms with van der Waals surface area (Å²) in [5, 5.41) is 18.4. The van der Waals surface area contributed by atoms with E-state index in [1.165, 1.54) is 0 Å². The lowest BCUT2D eigenvalue weighted by atomic mass is 9.85. The van der Waals surface area contributed by atoms with Crippen molar-refractivity contribution in [2.24, 2.45) is 0 Å². The largest absolute Gasteiger partial charge is 0.503 e. The van der Waals surface area contributed by atoms with Crippen molar-refractivity contribution in [1.82, 2.24) is 19.6 Å². The van der Waals surface area contributed by atoms with Gasteiger partial charge in [-0.25, -0.2) is 9.78 Å². The molecule has 0 amide bonds. The summed E-state index contributed by atoms with van der Waals surface area (Å²) >= 11 is 3.68. The van der Waals surface area contributed by atoms with E-state index in [0.29, 0.717) is 17.8 Å². The maximum Gasteiger partial charge on any atom is 0.503 e. The summed E-state index contributed by atoms with van der Waals surface area (Å²) in [5.74, 6) is 0.934. The number of carboxylic acid groups (broad SMARTS) is 2. The molecule has 0 radical (unpaired) electrons. The van der Waals surface area contributed by atoms with Crippen LogP contribution in [0.5, 0.6) is 0 Å². The summed E-state index contributed by atoms with van der Waals surface area (Å²) in [4.78, 5) is 18.3. The molecule has 3 heterocycles. The first-order valence-corrected chi connectivity index (χ1v) is 12.0. The van der Waals surface area contributed by atoms with E-state index in [1.54, 1.807) is 11.6 Å². The number of hydrogen-bond acceptors (Lipinski definition) is 6. The Kier molecular flexibility index (Phi) is 7.62. The molecule has 5 rings (SSSR count). The molecule has 182 valence electrons. The van der Waals surface area contributed by atoms with Crippen molar-refractivity contribution < 1.29 is 19.7 Å². The predicted octanol–water partition coefficient (Wildman–Crippen LogP) is 5.70. The minimum Gasteiger partial charge on any atom is -0.450 e. The van der Waals surface area contributed by atoms with Crippen LogP contribution in [-0.4, -0.2) is 49.2 Å². The summed E-state index contributed by atoms with van der Waals surface area (Å²) < 4.78 is 8.07. The molecule has 4 N–H and O–H groups in total. The number of halogens is 1. The number of nitrogens with two attached hydrogens (primary N) is 1. The minimum absolute atomic E-state index is 0.343. The number of carbonyl (C=O) groups is 1. The number of anilines is 1. The molecule has 1 saturated carbocycles. The van der Waals surface area contributed by atoms with Gasteiger partial charge in [0.25, 0.3) is 0 Å². The molecule has 35 heavy (non-hydrogen) atoms. The highest BCUT2D eigenvalue weighted by atomic mass is 79.9. The molecule has 1 aliphatic carbocycles. The van der Waals surface area contributed by atoms with Crippen LogP contribution in [0.15, 0.2) is 59.3 Å². The Morgan fingerprint density at radius 3 is 2.34 bits per heavy atom. The van der Waals surface area contributed by atoms with E-state index in [9.17, 15) is 0 Å². The molecule has 4 aromatic rings. The van der Waals surface area contributed by atoms with Crippen LogP contribution in [0.25, 0.3) is 28.0 Å². The van der Waals surface area contributed by atoms with Crippen molar-refractivity contribution in [2.75, 3.05) is 12.8 Å². The highest BCUT2D eigenvalue weighted by molar-refractivity contribution is 9.10. The van der Waals surface area contributed by atoms with Crippen molar-refractivity contribution in [1.29, 1.82) is 0 Å². The maximum absolute atomic E-state index is 8.56. The number of benzene rings is 1. The van der Waals surface area contributed by atoms with Crippen molar-refractivity contribution in [3.05, 3.63) is 65.0 Å². The van der Waals surface area contributed by atoms with Gasteiger partial charge in [0.15, 0.2) is 5.65 Å². The molecule has 0 aliphatic heterocycles. The lowest BCUT2D eigenvalue weighted by Gasteiger charge is -2.28. The van der Waals surface area contributed by atoms with E-state index in [4.69, 9.17) is 30.5 Å². The second-order valence-corrected chi connectivity index (χ2v) is 9.07. The summed E-state index contributed by atoms with van der Waals surface area (Å²) in [6.07, 6.45) is 6.36. The molecule has 1 aliphatic rings. The van der Waals surface area contributed by atoms with Gasteiger partial charge in [-0.2, -0.15) is 9.61 Å². The van der Waals surface area contributed by atoms with Gasteiger partial charge in [-0.05, 0) is 47.7 Å². The molecule has 1 fully saturated rings. The van der Waals surface area contributed by atoms with Gasteiger partial charge >= 0.3 is 6.16 Å². The van der Waals surface area contributed by atoms with Gasteiger partial charge in [0, 0.05) is 35.9 Å². The summed E-state index contributed by atoms with van der Waals surface area (Å²) in [6, 6.07) is 14.2. The van der Waals surface area contributed by atoms with Crippen molar-refractivity contribution in [3.63, 3.8) is 0 Å². The molecule has 9 nitrogen and oxygen atoms in total. The molecule has 0 saturated heterocycles. The average Bonchev–Trinajstić information content (AvgIpc) is 3.31. The Balaban J connectivity index is 0.000000672. The number of nitrogen functional groups attached to an aromatic ring is 1. The summed E-state index contributed by atoms with van der Waals surface area (Å²) in [5.41, 5.74) is 12.1. The summed E-state index contributed by atoms with van der Waals surface area (Å²) in [6.45, 7) is 0. The van der Waals surface area contributed by atoms with Crippen molar-refractivity contribution in [3.8, 4) is 22.4 Å². The number of rotatable bonds is 4. The zero-order chi connectivity index (χ0) is 24.9. The van der Waals surface area contributed by atoms with Gasteiger partial charge in [0.05, 0.1) is 28.2 Å². The monoisotopic (exact) mass is 539 g/mol. The molecule has 0 atom stereocenters. The molecule has 10 heteroatoms. The van der Waals surface area contributed by atoms with Gasteiger partial charge in [-0.1, -0.05) is 36.4 Å². The molecule has 0 bridgehead atoms. The molecule has 3 aromatic heterocycles. The van der Waals surface area contributed by atoms with E-state index < -0.39 is 6.16 Å². The summed E-state index contributed by atoms with van der Waals surface area (Å²) in [7, 11) is 1.79. The first-order valence-electron chi connectivity index (χ1n) is 11.2. The first-order chi connectivity index (χ1) is 16.9. The lowest BCUT2D eigenvalue weighted by Crippen LogP contribution is -2.20. The van der Waals surface area contributed by atoms with Crippen LogP contribution in [-0.2, 0) is 4.74 Å². The van der Waals surface area contributed by atoms with Crippen LogP contribution in [0.2, 0.25) is 0 Å². The zero-order valence-electron chi connectivity index (χ0n) is 19.1. The fourth-order valence-corrected chi connectivity index (χ4v) is 4.97. The number of methoxy groups -OCH3 is 1. The third-order valence-corrected chi connectivity index (χ3v) is 7.00. The topological polar surface area (TPSA) is 136 Å². The normalized spacial score (nSPS) is 17.5. The van der Waals surface area contributed by atoms with Gasteiger partial charge in [0.2, 0.25) is 0 Å². The second kappa shape index (κ2) is 10.8. The van der Waals surface area contributed by atoms with E-state index in [2.05, 4.69) is 44.2 Å². The molecular weight excluding hydrogens is 514 g/mol. The average molecular weight is 540 g/mol. The smallest absolute Gasteiger partial charge is 0.450 e. The van der Waals surface area contributed by atoms with Crippen LogP contribution in [0, 0.1) is 0 Å². The van der Waals surface area contributed by atoms with E-state index in [1.807, 2.05) is 36.7 Å². The number of pyridine rings is 1. The quantitative estimate of drug-likeness (QED) is 0.300. The zero-order valence-corrected chi connectivity index (χ0v) is 20.7. The van der Waals surface area contributed by atoms with Gasteiger partial charge < -0.3 is 20.7 Å². The maximum atomic E-state index is 8.56. The molecule has 0 unspecified atom stereocenters. The van der Waals surface area contributed by atoms with Crippen molar-refractivity contribution >= 4 is 33.6 Å². The van der Waals surface area contributed by atoms with Gasteiger partial charge in [-0.3, -0.25) is 4.98 Å². The Bertz CT molecular complexity index is 1300. The fourth-order valence-electron chi connectivity index (χ4n) is 4.39. The highest BCUT2D eigenvalue weighted by Crippen LogP contribution is 2.39. The highest BCUT2D eigenvalue weighted by Gasteiger charge is 2.27. The van der Waals surface area contributed by atoms with Gasteiger partial charge in [-0.15, -0.1) is 0 Å². The molecule has 1 aromatic carbocycles. The van der Waals surface area contributed by atoms with Crippen LogP contribution >= 0.6 is 15.9 Å². The Morgan fingerprint density at radius 1 is 1.06 bits per heavy atom. The molecule has 0 spiro atoms. The minimum atomic E-state index is -1.83. The molecular formula is C25H26BrN5O4. The Hall–Kier alpha value is -3.50. The van der Waals surface area contributed by atoms with E-state index in [0.717, 1.165) is 63.9 Å².